The first kappa shape index (κ1) is 18.0. The van der Waals surface area contributed by atoms with Gasteiger partial charge in [-0.2, -0.15) is 0 Å². The molecule has 0 radical (unpaired) electrons. The lowest BCUT2D eigenvalue weighted by molar-refractivity contribution is -0.114. The van der Waals surface area contributed by atoms with Crippen LogP contribution < -0.4 is 10.6 Å². The third kappa shape index (κ3) is 3.44. The van der Waals surface area contributed by atoms with Crippen molar-refractivity contribution >= 4 is 43.8 Å². The van der Waals surface area contributed by atoms with Gasteiger partial charge in [-0.05, 0) is 17.5 Å². The van der Waals surface area contributed by atoms with Crippen LogP contribution in [0.4, 0.5) is 5.00 Å². The van der Waals surface area contributed by atoms with Crippen LogP contribution in [0.5, 0.6) is 0 Å². The summed E-state index contributed by atoms with van der Waals surface area (Å²) in [6, 6.07) is 1.98. The maximum atomic E-state index is 11.6. The number of thiazole rings is 1. The van der Waals surface area contributed by atoms with Gasteiger partial charge in [0, 0.05) is 36.7 Å². The van der Waals surface area contributed by atoms with Crippen molar-refractivity contribution in [2.45, 2.75) is 40.2 Å². The van der Waals surface area contributed by atoms with E-state index in [4.69, 9.17) is 4.98 Å². The van der Waals surface area contributed by atoms with Crippen LogP contribution in [-0.4, -0.2) is 22.4 Å². The molecule has 1 aliphatic heterocycles. The maximum Gasteiger partial charge on any atom is 0.221 e. The third-order valence-electron chi connectivity index (χ3n) is 3.94. The highest BCUT2D eigenvalue weighted by Crippen LogP contribution is 2.47. The number of hydrogen-bond donors (Lipinski definition) is 2. The number of rotatable bonds is 2. The van der Waals surface area contributed by atoms with Gasteiger partial charge in [0.25, 0.3) is 0 Å². The molecule has 4 heterocycles. The Bertz CT molecular complexity index is 867. The molecule has 0 fully saturated rings. The molecule has 1 amide bonds. The lowest BCUT2D eigenvalue weighted by atomic mass is 9.94. The molecule has 0 bridgehead atoms. The average molecular weight is 375 g/mol. The molecule has 7 heteroatoms. The number of aromatic nitrogens is 2. The zero-order valence-electron chi connectivity index (χ0n) is 14.8. The number of nitrogens with one attached hydrogen (secondary N) is 2. The molecule has 4 rings (SSSR count). The number of hydrogen-bond acceptors (Lipinski definition) is 6. The van der Waals surface area contributed by atoms with Gasteiger partial charge in [-0.1, -0.05) is 20.8 Å². The summed E-state index contributed by atoms with van der Waals surface area (Å²) >= 11 is 3.31. The Hall–Kier alpha value is -1.83. The molecule has 1 unspecified atom stereocenters. The fraction of sp³-hybridized carbons (Fsp3) is 0.389. The molecule has 0 aliphatic carbocycles. The normalized spacial score (nSPS) is 16.1. The lowest BCUT2D eigenvalue weighted by Crippen LogP contribution is -2.25. The van der Waals surface area contributed by atoms with Crippen LogP contribution in [0, 0.1) is 0 Å². The van der Waals surface area contributed by atoms with Crippen LogP contribution in [0.25, 0.3) is 20.8 Å². The number of pyridine rings is 1. The first-order chi connectivity index (χ1) is 12.1. The Balaban J connectivity index is 0.000000880. The van der Waals surface area contributed by atoms with Crippen molar-refractivity contribution in [1.82, 2.24) is 15.3 Å². The van der Waals surface area contributed by atoms with E-state index in [2.05, 4.69) is 22.5 Å². The van der Waals surface area contributed by atoms with E-state index in [1.54, 1.807) is 42.0 Å². The second-order valence-corrected chi connectivity index (χ2v) is 7.85. The highest BCUT2D eigenvalue weighted by atomic mass is 32.1. The van der Waals surface area contributed by atoms with Gasteiger partial charge in [-0.25, -0.2) is 4.98 Å². The van der Waals surface area contributed by atoms with Crippen LogP contribution in [0.3, 0.4) is 0 Å². The van der Waals surface area contributed by atoms with Crippen LogP contribution in [0.1, 0.15) is 44.1 Å². The average Bonchev–Trinajstić information content (AvgIpc) is 3.17. The van der Waals surface area contributed by atoms with E-state index in [0.29, 0.717) is 5.92 Å². The van der Waals surface area contributed by atoms with E-state index < -0.39 is 0 Å². The molecule has 1 aliphatic rings. The second kappa shape index (κ2) is 7.59. The number of thiophene rings is 1. The summed E-state index contributed by atoms with van der Waals surface area (Å²) in [5.74, 6) is 0.353. The second-order valence-electron chi connectivity index (χ2n) is 5.72. The van der Waals surface area contributed by atoms with Gasteiger partial charge >= 0.3 is 0 Å². The highest BCUT2D eigenvalue weighted by molar-refractivity contribution is 7.22. The summed E-state index contributed by atoms with van der Waals surface area (Å²) in [5, 5.41) is 8.30. The molecule has 1 atom stereocenters. The Morgan fingerprint density at radius 1 is 1.36 bits per heavy atom. The number of amides is 1. The van der Waals surface area contributed by atoms with Gasteiger partial charge < -0.3 is 10.6 Å². The predicted molar refractivity (Wildman–Crippen MR) is 107 cm³/mol. The van der Waals surface area contributed by atoms with Crippen molar-refractivity contribution in [2.24, 2.45) is 0 Å². The lowest BCUT2D eigenvalue weighted by Gasteiger charge is -2.21. The Morgan fingerprint density at radius 3 is 2.88 bits per heavy atom. The summed E-state index contributed by atoms with van der Waals surface area (Å²) in [5.41, 5.74) is 3.32. The quantitative estimate of drug-likeness (QED) is 0.687. The molecule has 3 aromatic heterocycles. The van der Waals surface area contributed by atoms with E-state index >= 15 is 0 Å². The summed E-state index contributed by atoms with van der Waals surface area (Å²) in [4.78, 5) is 21.8. The number of carbonyl (C=O) groups excluding carboxylic acids is 1. The van der Waals surface area contributed by atoms with E-state index in [-0.39, 0.29) is 5.91 Å². The summed E-state index contributed by atoms with van der Waals surface area (Å²) in [6.07, 6.45) is 3.58. The third-order valence-corrected chi connectivity index (χ3v) is 6.12. The predicted octanol–water partition coefficient (Wildman–Crippen LogP) is 4.61. The van der Waals surface area contributed by atoms with Gasteiger partial charge in [-0.15, -0.1) is 22.7 Å². The smallest absolute Gasteiger partial charge is 0.221 e. The van der Waals surface area contributed by atoms with E-state index in [1.807, 2.05) is 19.9 Å². The molecule has 0 saturated heterocycles. The topological polar surface area (TPSA) is 66.9 Å². The maximum absolute atomic E-state index is 11.6. The largest absolute Gasteiger partial charge is 0.317 e. The fourth-order valence-corrected chi connectivity index (χ4v) is 5.39. The van der Waals surface area contributed by atoms with Crippen LogP contribution in [-0.2, 0) is 11.3 Å². The molecule has 0 aromatic carbocycles. The van der Waals surface area contributed by atoms with Crippen LogP contribution in [0.2, 0.25) is 0 Å². The van der Waals surface area contributed by atoms with E-state index in [9.17, 15) is 4.79 Å². The first-order valence-electron chi connectivity index (χ1n) is 8.48. The van der Waals surface area contributed by atoms with Crippen molar-refractivity contribution in [3.8, 4) is 10.6 Å². The minimum atomic E-state index is -0.0479. The summed E-state index contributed by atoms with van der Waals surface area (Å²) < 4.78 is 1.12. The van der Waals surface area contributed by atoms with Gasteiger partial charge in [0.05, 0.1) is 10.9 Å². The molecule has 132 valence electrons. The summed E-state index contributed by atoms with van der Waals surface area (Å²) in [7, 11) is 0. The highest BCUT2D eigenvalue weighted by Gasteiger charge is 2.28. The Morgan fingerprint density at radius 2 is 2.16 bits per heavy atom. The van der Waals surface area contributed by atoms with Crippen molar-refractivity contribution < 1.29 is 4.79 Å². The van der Waals surface area contributed by atoms with Gasteiger partial charge in [0.15, 0.2) is 0 Å². The van der Waals surface area contributed by atoms with Gasteiger partial charge in [0.1, 0.15) is 15.5 Å². The van der Waals surface area contributed by atoms with Gasteiger partial charge in [0.2, 0.25) is 5.91 Å². The van der Waals surface area contributed by atoms with Gasteiger partial charge in [-0.3, -0.25) is 9.78 Å². The van der Waals surface area contributed by atoms with Crippen LogP contribution in [0.15, 0.2) is 18.5 Å². The number of fused-ring (bicyclic) bond motifs is 2. The molecular formula is C18H22N4OS2. The zero-order valence-corrected chi connectivity index (χ0v) is 16.5. The minimum absolute atomic E-state index is 0.0479. The molecule has 3 aromatic rings. The minimum Gasteiger partial charge on any atom is -0.317 e. The molecular weight excluding hydrogens is 352 g/mol. The summed E-state index contributed by atoms with van der Waals surface area (Å²) in [6.45, 7) is 9.56. The molecule has 0 spiro atoms. The number of nitrogens with zero attached hydrogens (tertiary/aromatic N) is 2. The van der Waals surface area contributed by atoms with Crippen molar-refractivity contribution in [2.75, 3.05) is 11.9 Å². The van der Waals surface area contributed by atoms with Crippen LogP contribution >= 0.6 is 22.7 Å². The monoisotopic (exact) mass is 374 g/mol. The SMILES string of the molecule is CC.CC(=O)Nc1sc2c(c1-c1nc3cnccc3s1)C(C)CNC2. The standard InChI is InChI=1S/C16H16N4OS2.C2H6/c1-8-5-18-7-12-13(8)14(15(23-12)19-9(2)21)16-20-10-6-17-4-3-11(10)22-16;1-2/h3-4,6,8,18H,5,7H2,1-2H3,(H,19,21);1-2H3. The van der Waals surface area contributed by atoms with Crippen molar-refractivity contribution in [1.29, 1.82) is 0 Å². The Kier molecular flexibility index (Phi) is 5.46. The number of carbonyl (C=O) groups is 1. The van der Waals surface area contributed by atoms with Crippen molar-refractivity contribution in [3.05, 3.63) is 28.9 Å². The molecule has 5 nitrogen and oxygen atoms in total. The fourth-order valence-electron chi connectivity index (χ4n) is 2.99. The van der Waals surface area contributed by atoms with E-state index in [1.165, 1.54) is 10.4 Å². The van der Waals surface area contributed by atoms with E-state index in [0.717, 1.165) is 38.9 Å². The van der Waals surface area contributed by atoms with Crippen molar-refractivity contribution in [3.63, 3.8) is 0 Å². The molecule has 2 N–H and O–H groups in total. The zero-order chi connectivity index (χ0) is 18.0. The molecule has 25 heavy (non-hydrogen) atoms. The first-order valence-corrected chi connectivity index (χ1v) is 10.1. The number of anilines is 1. The molecule has 0 saturated carbocycles. The Labute approximate surface area is 155 Å².